The third-order valence-corrected chi connectivity index (χ3v) is 5.44. The van der Waals surface area contributed by atoms with Crippen molar-refractivity contribution in [1.82, 2.24) is 9.97 Å². The van der Waals surface area contributed by atoms with E-state index in [9.17, 15) is 13.2 Å². The highest BCUT2D eigenvalue weighted by molar-refractivity contribution is 7.85. The van der Waals surface area contributed by atoms with E-state index in [0.29, 0.717) is 23.4 Å². The molecule has 10 heteroatoms. The third kappa shape index (κ3) is 4.76. The first kappa shape index (κ1) is 22.9. The molecule has 1 aromatic carbocycles. The lowest BCUT2D eigenvalue weighted by Gasteiger charge is -2.17. The number of nitrogens with one attached hydrogen (secondary N) is 1. The number of benzene rings is 1. The average Bonchev–Trinajstić information content (AvgIpc) is 2.98. The van der Waals surface area contributed by atoms with Gasteiger partial charge in [0.05, 0.1) is 22.8 Å². The lowest BCUT2D eigenvalue weighted by atomic mass is 10.1. The molecule has 4 nitrogen and oxygen atoms in total. The molecule has 2 aromatic heterocycles. The monoisotopic (exact) mass is 448 g/mol. The van der Waals surface area contributed by atoms with E-state index in [1.54, 1.807) is 0 Å². The van der Waals surface area contributed by atoms with Gasteiger partial charge in [0, 0.05) is 11.7 Å². The molecule has 2 heterocycles. The molecular weight excluding hydrogens is 429 g/mol. The van der Waals surface area contributed by atoms with Crippen molar-refractivity contribution >= 4 is 36.3 Å². The largest absolute Gasteiger partial charge is 1.00 e. The standard InChI is InChI=1S/C18H19F3N4S2.ClH/c1-9-5-10(2)14(7-15(26)16(22)27)25(8-9)17-23-12-4-3-11(18(19,20)21)6-13(12)24-17;/h3-6,8,15-16H,7,22H2,1-2H3,(H2-,23,24,26,27);1H. The van der Waals surface area contributed by atoms with E-state index in [-0.39, 0.29) is 17.7 Å². The summed E-state index contributed by atoms with van der Waals surface area (Å²) in [7, 11) is 0. The van der Waals surface area contributed by atoms with Crippen molar-refractivity contribution in [2.75, 3.05) is 0 Å². The number of pyridine rings is 1. The summed E-state index contributed by atoms with van der Waals surface area (Å²) in [4.78, 5) is 7.46. The van der Waals surface area contributed by atoms with Crippen LogP contribution in [0, 0.1) is 13.8 Å². The summed E-state index contributed by atoms with van der Waals surface area (Å²) in [5.41, 5.74) is 8.82. The van der Waals surface area contributed by atoms with Crippen molar-refractivity contribution in [3.05, 3.63) is 52.8 Å². The second-order valence-corrected chi connectivity index (χ2v) is 7.83. The number of halogens is 4. The molecule has 152 valence electrons. The van der Waals surface area contributed by atoms with E-state index in [2.05, 4.69) is 35.2 Å². The Balaban J connectivity index is 0.00000280. The van der Waals surface area contributed by atoms with Gasteiger partial charge in [0.15, 0.2) is 5.52 Å². The zero-order chi connectivity index (χ0) is 19.9. The Morgan fingerprint density at radius 3 is 2.50 bits per heavy atom. The Bertz CT molecular complexity index is 989. The average molecular weight is 449 g/mol. The number of nitrogens with two attached hydrogens (primary N) is 1. The van der Waals surface area contributed by atoms with Gasteiger partial charge in [-0.1, -0.05) is 11.1 Å². The summed E-state index contributed by atoms with van der Waals surface area (Å²) in [6.45, 7) is 3.91. The highest BCUT2D eigenvalue weighted by atomic mass is 35.5. The molecule has 0 radical (unpaired) electrons. The smallest absolute Gasteiger partial charge is 0.416 e. The third-order valence-electron chi connectivity index (χ3n) is 4.34. The fraction of sp³-hybridized carbons (Fsp3) is 0.333. The predicted molar refractivity (Wildman–Crippen MR) is 106 cm³/mol. The lowest BCUT2D eigenvalue weighted by molar-refractivity contribution is -0.612. The number of aromatic amines is 1. The lowest BCUT2D eigenvalue weighted by Crippen LogP contribution is -3.00. The maximum atomic E-state index is 13.0. The summed E-state index contributed by atoms with van der Waals surface area (Å²) >= 11 is 8.73. The van der Waals surface area contributed by atoms with Gasteiger partial charge in [-0.25, -0.2) is 9.55 Å². The predicted octanol–water partition coefficient (Wildman–Crippen LogP) is 0.535. The Labute approximate surface area is 178 Å². The van der Waals surface area contributed by atoms with Crippen LogP contribution in [0.2, 0.25) is 0 Å². The van der Waals surface area contributed by atoms with Gasteiger partial charge in [0.2, 0.25) is 0 Å². The molecule has 0 saturated carbocycles. The zero-order valence-corrected chi connectivity index (χ0v) is 17.7. The van der Waals surface area contributed by atoms with E-state index in [1.807, 2.05) is 30.7 Å². The maximum absolute atomic E-state index is 13.0. The van der Waals surface area contributed by atoms with Gasteiger partial charge in [-0.15, -0.1) is 0 Å². The minimum absolute atomic E-state index is 0. The summed E-state index contributed by atoms with van der Waals surface area (Å²) in [6, 6.07) is 5.50. The Morgan fingerprint density at radius 2 is 1.89 bits per heavy atom. The van der Waals surface area contributed by atoms with Crippen molar-refractivity contribution < 1.29 is 30.1 Å². The van der Waals surface area contributed by atoms with Crippen LogP contribution in [-0.2, 0) is 12.6 Å². The number of imidazole rings is 1. The van der Waals surface area contributed by atoms with Crippen LogP contribution in [0.5, 0.6) is 0 Å². The molecule has 0 amide bonds. The molecule has 0 aliphatic rings. The van der Waals surface area contributed by atoms with Gasteiger partial charge < -0.3 is 18.1 Å². The van der Waals surface area contributed by atoms with Crippen molar-refractivity contribution in [3.63, 3.8) is 0 Å². The zero-order valence-electron chi connectivity index (χ0n) is 15.1. The first-order chi connectivity index (χ1) is 12.6. The van der Waals surface area contributed by atoms with Crippen LogP contribution in [0.1, 0.15) is 22.4 Å². The molecule has 0 bridgehead atoms. The number of alkyl halides is 3. The molecule has 3 aromatic rings. The number of H-pyrrole nitrogens is 1. The van der Waals surface area contributed by atoms with Crippen molar-refractivity contribution in [1.29, 1.82) is 0 Å². The molecule has 2 atom stereocenters. The van der Waals surface area contributed by atoms with Gasteiger partial charge in [-0.3, -0.25) is 0 Å². The van der Waals surface area contributed by atoms with E-state index in [1.165, 1.54) is 6.07 Å². The molecular formula is C18H20ClF3N4S2. The van der Waals surface area contributed by atoms with Crippen LogP contribution in [0.15, 0.2) is 30.5 Å². The van der Waals surface area contributed by atoms with Crippen molar-refractivity contribution in [3.8, 4) is 5.95 Å². The molecule has 0 saturated heterocycles. The summed E-state index contributed by atoms with van der Waals surface area (Å²) in [5, 5.41) is -0.602. The minimum Gasteiger partial charge on any atom is -1.00 e. The second kappa shape index (κ2) is 8.52. The number of nitrogens with zero attached hydrogens (tertiary/aromatic N) is 2. The first-order valence-electron chi connectivity index (χ1n) is 8.27. The van der Waals surface area contributed by atoms with Gasteiger partial charge in [0.1, 0.15) is 5.52 Å². The minimum atomic E-state index is -4.40. The molecule has 3 rings (SSSR count). The molecule has 0 fully saturated rings. The van der Waals surface area contributed by atoms with Gasteiger partial charge >= 0.3 is 12.1 Å². The van der Waals surface area contributed by atoms with Crippen LogP contribution in [0.25, 0.3) is 17.0 Å². The molecule has 2 unspecified atom stereocenters. The van der Waals surface area contributed by atoms with E-state index in [0.717, 1.165) is 29.0 Å². The SMILES string of the molecule is Cc1cc(C)c(CC(S)C(N)S)[n+](-c2nc3ccc(C(F)(F)F)cc3[nH]2)c1.[Cl-]. The molecule has 0 aliphatic heterocycles. The van der Waals surface area contributed by atoms with Crippen LogP contribution in [-0.4, -0.2) is 20.6 Å². The van der Waals surface area contributed by atoms with Gasteiger partial charge in [0.25, 0.3) is 0 Å². The number of rotatable bonds is 4. The molecule has 0 aliphatic carbocycles. The number of thiol groups is 2. The van der Waals surface area contributed by atoms with Crippen LogP contribution >= 0.6 is 25.3 Å². The summed E-state index contributed by atoms with van der Waals surface area (Å²) in [6.07, 6.45) is -1.99. The highest BCUT2D eigenvalue weighted by Gasteiger charge is 2.32. The number of hydrogen-bond donors (Lipinski definition) is 4. The van der Waals surface area contributed by atoms with E-state index >= 15 is 0 Å². The van der Waals surface area contributed by atoms with Crippen LogP contribution in [0.3, 0.4) is 0 Å². The van der Waals surface area contributed by atoms with Crippen molar-refractivity contribution in [2.24, 2.45) is 5.73 Å². The number of fused-ring (bicyclic) bond motifs is 1. The number of aryl methyl sites for hydroxylation is 2. The van der Waals surface area contributed by atoms with Gasteiger partial charge in [-0.05, 0) is 43.2 Å². The number of aromatic nitrogens is 3. The maximum Gasteiger partial charge on any atom is 0.416 e. The fourth-order valence-electron chi connectivity index (χ4n) is 2.99. The van der Waals surface area contributed by atoms with Crippen molar-refractivity contribution in [2.45, 2.75) is 37.1 Å². The van der Waals surface area contributed by atoms with Crippen LogP contribution < -0.4 is 22.7 Å². The quantitative estimate of drug-likeness (QED) is 0.267. The Morgan fingerprint density at radius 1 is 1.21 bits per heavy atom. The summed E-state index contributed by atoms with van der Waals surface area (Å²) < 4.78 is 40.7. The molecule has 28 heavy (non-hydrogen) atoms. The number of hydrogen-bond acceptors (Lipinski definition) is 4. The normalized spacial score (nSPS) is 14.0. The Hall–Kier alpha value is -1.42. The van der Waals surface area contributed by atoms with Gasteiger partial charge in [-0.2, -0.15) is 38.4 Å². The second-order valence-electron chi connectivity index (χ2n) is 6.57. The Kier molecular flexibility index (Phi) is 6.96. The molecule has 0 spiro atoms. The topological polar surface area (TPSA) is 58.6 Å². The fourth-order valence-corrected chi connectivity index (χ4v) is 3.27. The summed E-state index contributed by atoms with van der Waals surface area (Å²) in [5.74, 6) is 0.444. The molecule has 3 N–H and O–H groups in total. The van der Waals surface area contributed by atoms with E-state index < -0.39 is 17.1 Å². The van der Waals surface area contributed by atoms with E-state index in [4.69, 9.17) is 5.73 Å². The van der Waals surface area contributed by atoms with Crippen LogP contribution in [0.4, 0.5) is 13.2 Å². The first-order valence-corrected chi connectivity index (χ1v) is 9.30. The highest BCUT2D eigenvalue weighted by Crippen LogP contribution is 2.31.